The van der Waals surface area contributed by atoms with Crippen LogP contribution in [0.1, 0.15) is 30.1 Å². The number of ether oxygens (including phenoxy) is 1. The number of para-hydroxylation sites is 1. The van der Waals surface area contributed by atoms with E-state index in [2.05, 4.69) is 0 Å². The van der Waals surface area contributed by atoms with Crippen molar-refractivity contribution in [1.82, 2.24) is 0 Å². The number of carbonyl (C=O) groups excluding carboxylic acids is 2. The molecule has 0 saturated heterocycles. The standard InChI is InChI=1S/C22H20ClO5PS/c1-14(24)28-20-9-4-3-6-15(20)7-5-8-19(25)22(29(2,26)27)18-13-30-21-11-10-16(23)12-17(18)21/h3-7,9-13,22H,8H2,1-2H3,(H,26,27)/b7-5+. The van der Waals surface area contributed by atoms with Crippen LogP contribution in [0.5, 0.6) is 5.75 Å². The van der Waals surface area contributed by atoms with Crippen LogP contribution in [0, 0.1) is 0 Å². The molecule has 0 aliphatic heterocycles. The van der Waals surface area contributed by atoms with E-state index in [1.807, 2.05) is 6.07 Å². The highest BCUT2D eigenvalue weighted by Crippen LogP contribution is 2.55. The zero-order chi connectivity index (χ0) is 21.9. The lowest BCUT2D eigenvalue weighted by atomic mass is 10.0. The number of ketones is 1. The molecular weight excluding hydrogens is 443 g/mol. The molecule has 0 bridgehead atoms. The van der Waals surface area contributed by atoms with Gasteiger partial charge in [0.05, 0.1) is 0 Å². The first-order valence-electron chi connectivity index (χ1n) is 9.10. The Kier molecular flexibility index (Phi) is 6.94. The minimum atomic E-state index is -3.77. The maximum absolute atomic E-state index is 13.0. The lowest BCUT2D eigenvalue weighted by Crippen LogP contribution is -2.11. The van der Waals surface area contributed by atoms with Crippen molar-refractivity contribution in [3.8, 4) is 5.75 Å². The number of esters is 1. The van der Waals surface area contributed by atoms with Crippen molar-refractivity contribution < 1.29 is 23.8 Å². The van der Waals surface area contributed by atoms with Crippen LogP contribution < -0.4 is 4.74 Å². The molecule has 0 spiro atoms. The van der Waals surface area contributed by atoms with E-state index in [1.54, 1.807) is 53.9 Å². The lowest BCUT2D eigenvalue weighted by Gasteiger charge is -2.18. The number of carbonyl (C=O) groups is 2. The van der Waals surface area contributed by atoms with Gasteiger partial charge in [-0.15, -0.1) is 11.3 Å². The average Bonchev–Trinajstić information content (AvgIpc) is 3.04. The molecular formula is C22H20ClO5PS. The Morgan fingerprint density at radius 2 is 2.00 bits per heavy atom. The number of hydrogen-bond acceptors (Lipinski definition) is 5. The van der Waals surface area contributed by atoms with Crippen molar-refractivity contribution in [3.05, 3.63) is 70.1 Å². The highest BCUT2D eigenvalue weighted by atomic mass is 35.5. The van der Waals surface area contributed by atoms with E-state index in [9.17, 15) is 19.0 Å². The zero-order valence-corrected chi connectivity index (χ0v) is 18.8. The minimum Gasteiger partial charge on any atom is -0.426 e. The van der Waals surface area contributed by atoms with Gasteiger partial charge in [0.1, 0.15) is 11.4 Å². The van der Waals surface area contributed by atoms with Crippen molar-refractivity contribution in [1.29, 1.82) is 0 Å². The van der Waals surface area contributed by atoms with Crippen LogP contribution in [0.25, 0.3) is 16.2 Å². The summed E-state index contributed by atoms with van der Waals surface area (Å²) in [7, 11) is -3.77. The van der Waals surface area contributed by atoms with Gasteiger partial charge in [0.2, 0.25) is 7.37 Å². The highest BCUT2D eigenvalue weighted by molar-refractivity contribution is 7.58. The van der Waals surface area contributed by atoms with Crippen LogP contribution in [0.2, 0.25) is 5.02 Å². The second-order valence-electron chi connectivity index (χ2n) is 6.88. The fraction of sp³-hybridized carbons (Fsp3) is 0.182. The van der Waals surface area contributed by atoms with Gasteiger partial charge >= 0.3 is 5.97 Å². The summed E-state index contributed by atoms with van der Waals surface area (Å²) >= 11 is 7.49. The maximum atomic E-state index is 13.0. The van der Waals surface area contributed by atoms with Gasteiger partial charge in [-0.25, -0.2) is 0 Å². The molecule has 0 fully saturated rings. The molecule has 0 aliphatic rings. The smallest absolute Gasteiger partial charge is 0.308 e. The molecule has 2 atom stereocenters. The molecule has 0 radical (unpaired) electrons. The topological polar surface area (TPSA) is 80.7 Å². The second kappa shape index (κ2) is 9.27. The molecule has 30 heavy (non-hydrogen) atoms. The molecule has 3 aromatic rings. The van der Waals surface area contributed by atoms with E-state index < -0.39 is 19.0 Å². The molecule has 5 nitrogen and oxygen atoms in total. The van der Waals surface area contributed by atoms with Crippen LogP contribution in [-0.4, -0.2) is 23.3 Å². The first kappa shape index (κ1) is 22.4. The molecule has 2 aromatic carbocycles. The largest absolute Gasteiger partial charge is 0.426 e. The summed E-state index contributed by atoms with van der Waals surface area (Å²) in [6.07, 6.45) is 3.22. The van der Waals surface area contributed by atoms with Gasteiger partial charge in [0.15, 0.2) is 5.78 Å². The van der Waals surface area contributed by atoms with Crippen molar-refractivity contribution in [2.75, 3.05) is 6.66 Å². The van der Waals surface area contributed by atoms with Gasteiger partial charge in [0, 0.05) is 35.3 Å². The van der Waals surface area contributed by atoms with Crippen molar-refractivity contribution >= 4 is 58.2 Å². The molecule has 2 unspecified atom stereocenters. The Morgan fingerprint density at radius 1 is 1.27 bits per heavy atom. The summed E-state index contributed by atoms with van der Waals surface area (Å²) in [5.41, 5.74) is 0.0103. The molecule has 8 heteroatoms. The molecule has 156 valence electrons. The fourth-order valence-corrected chi connectivity index (χ4v) is 5.82. The third kappa shape index (κ3) is 5.27. The maximum Gasteiger partial charge on any atom is 0.308 e. The van der Waals surface area contributed by atoms with Crippen LogP contribution >= 0.6 is 30.3 Å². The normalized spacial score (nSPS) is 14.5. The van der Waals surface area contributed by atoms with E-state index >= 15 is 0 Å². The Morgan fingerprint density at radius 3 is 2.70 bits per heavy atom. The SMILES string of the molecule is CC(=O)Oc1ccccc1/C=C/CC(=O)C(c1csc2ccc(Cl)cc12)P(C)(=O)O. The quantitative estimate of drug-likeness (QED) is 0.261. The molecule has 3 rings (SSSR count). The van der Waals surface area contributed by atoms with Crippen LogP contribution in [-0.2, 0) is 14.2 Å². The third-order valence-electron chi connectivity index (χ3n) is 4.43. The number of hydrogen-bond donors (Lipinski definition) is 1. The van der Waals surface area contributed by atoms with Crippen molar-refractivity contribution in [2.45, 2.75) is 19.0 Å². The monoisotopic (exact) mass is 462 g/mol. The molecule has 0 aliphatic carbocycles. The van der Waals surface area contributed by atoms with E-state index in [0.717, 1.165) is 4.70 Å². The van der Waals surface area contributed by atoms with E-state index in [-0.39, 0.29) is 12.2 Å². The first-order valence-corrected chi connectivity index (χ1v) is 12.5. The number of thiophene rings is 1. The summed E-state index contributed by atoms with van der Waals surface area (Å²) in [6, 6.07) is 12.2. The first-order chi connectivity index (χ1) is 14.2. The summed E-state index contributed by atoms with van der Waals surface area (Å²) < 4.78 is 18.7. The molecule has 1 N–H and O–H groups in total. The summed E-state index contributed by atoms with van der Waals surface area (Å²) in [6.45, 7) is 2.51. The number of rotatable bonds is 7. The molecule has 1 heterocycles. The van der Waals surface area contributed by atoms with Gasteiger partial charge in [-0.05, 0) is 40.6 Å². The van der Waals surface area contributed by atoms with E-state index in [4.69, 9.17) is 16.3 Å². The number of fused-ring (bicyclic) bond motifs is 1. The van der Waals surface area contributed by atoms with Crippen LogP contribution in [0.15, 0.2) is 53.9 Å². The number of allylic oxidation sites excluding steroid dienone is 1. The van der Waals surface area contributed by atoms with E-state index in [0.29, 0.717) is 27.3 Å². The van der Waals surface area contributed by atoms with Gasteiger partial charge < -0.3 is 9.63 Å². The van der Waals surface area contributed by atoms with Crippen LogP contribution in [0.3, 0.4) is 0 Å². The molecule has 0 saturated carbocycles. The van der Waals surface area contributed by atoms with Gasteiger partial charge in [-0.1, -0.05) is 42.0 Å². The second-order valence-corrected chi connectivity index (χ2v) is 10.6. The number of halogens is 1. The number of benzene rings is 2. The Balaban J connectivity index is 1.88. The minimum absolute atomic E-state index is 0.0463. The third-order valence-corrected chi connectivity index (χ3v) is 7.17. The van der Waals surface area contributed by atoms with E-state index in [1.165, 1.54) is 24.9 Å². The van der Waals surface area contributed by atoms with Crippen LogP contribution in [0.4, 0.5) is 0 Å². The molecule has 0 amide bonds. The van der Waals surface area contributed by atoms with Crippen molar-refractivity contribution in [2.24, 2.45) is 0 Å². The Bertz CT molecular complexity index is 1180. The van der Waals surface area contributed by atoms with Crippen molar-refractivity contribution in [3.63, 3.8) is 0 Å². The predicted molar refractivity (Wildman–Crippen MR) is 122 cm³/mol. The average molecular weight is 463 g/mol. The lowest BCUT2D eigenvalue weighted by molar-refractivity contribution is -0.131. The van der Waals surface area contributed by atoms with Gasteiger partial charge in [0.25, 0.3) is 0 Å². The summed E-state index contributed by atoms with van der Waals surface area (Å²) in [4.78, 5) is 34.5. The highest BCUT2D eigenvalue weighted by Gasteiger charge is 2.35. The fourth-order valence-electron chi connectivity index (χ4n) is 3.21. The Labute approximate surface area is 183 Å². The van der Waals surface area contributed by atoms with Gasteiger partial charge in [-0.3, -0.25) is 14.2 Å². The molecule has 1 aromatic heterocycles. The van der Waals surface area contributed by atoms with Gasteiger partial charge in [-0.2, -0.15) is 0 Å². The summed E-state index contributed by atoms with van der Waals surface area (Å²) in [5, 5.41) is 2.96. The summed E-state index contributed by atoms with van der Waals surface area (Å²) in [5.74, 6) is -0.432. The predicted octanol–water partition coefficient (Wildman–Crippen LogP) is 6.09. The zero-order valence-electron chi connectivity index (χ0n) is 16.4. The Hall–Kier alpha value is -2.24. The number of Topliss-reactive ketones (excluding diaryl/α,β-unsaturated/α-hetero) is 1.